The molecule has 0 radical (unpaired) electrons. The highest BCUT2D eigenvalue weighted by molar-refractivity contribution is 6.04. The first kappa shape index (κ1) is 18.2. The van der Waals surface area contributed by atoms with Crippen LogP contribution in [0.25, 0.3) is 33.2 Å². The number of hydrogen-bond donors (Lipinski definition) is 0. The van der Waals surface area contributed by atoms with E-state index in [-0.39, 0.29) is 11.7 Å². The SMILES string of the molecule is Cc1nc2c(c(=O)n1C[C@H]1CCCO1)c1nc3ccccc3nc1n2CC(C)C. The topological polar surface area (TPSA) is 74.8 Å². The first-order chi connectivity index (χ1) is 14.0. The minimum absolute atomic E-state index is 0.0555. The molecule has 29 heavy (non-hydrogen) atoms. The van der Waals surface area contributed by atoms with Crippen molar-refractivity contribution in [3.8, 4) is 0 Å². The normalized spacial score (nSPS) is 17.3. The van der Waals surface area contributed by atoms with Gasteiger partial charge in [-0.05, 0) is 37.8 Å². The third-order valence-corrected chi connectivity index (χ3v) is 5.60. The number of para-hydroxylation sites is 2. The zero-order valence-electron chi connectivity index (χ0n) is 17.1. The highest BCUT2D eigenvalue weighted by Crippen LogP contribution is 2.26. The lowest BCUT2D eigenvalue weighted by Gasteiger charge is -2.15. The summed E-state index contributed by atoms with van der Waals surface area (Å²) in [5.74, 6) is 1.09. The van der Waals surface area contributed by atoms with Gasteiger partial charge in [-0.3, -0.25) is 9.36 Å². The summed E-state index contributed by atoms with van der Waals surface area (Å²) in [4.78, 5) is 28.1. The number of aryl methyl sites for hydroxylation is 1. The molecule has 0 bridgehead atoms. The first-order valence-corrected chi connectivity index (χ1v) is 10.3. The summed E-state index contributed by atoms with van der Waals surface area (Å²) in [7, 11) is 0. The second-order valence-corrected chi connectivity index (χ2v) is 8.30. The van der Waals surface area contributed by atoms with E-state index < -0.39 is 0 Å². The van der Waals surface area contributed by atoms with Crippen molar-refractivity contribution in [2.75, 3.05) is 6.61 Å². The molecular formula is C22H25N5O2. The van der Waals surface area contributed by atoms with Crippen LogP contribution < -0.4 is 5.56 Å². The third kappa shape index (κ3) is 3.00. The van der Waals surface area contributed by atoms with E-state index in [9.17, 15) is 4.79 Å². The second kappa shape index (κ2) is 6.91. The van der Waals surface area contributed by atoms with E-state index in [2.05, 4.69) is 18.4 Å². The smallest absolute Gasteiger partial charge is 0.265 e. The molecule has 7 heteroatoms. The summed E-state index contributed by atoms with van der Waals surface area (Å²) in [6.45, 7) is 8.22. The molecule has 1 atom stereocenters. The molecule has 1 aromatic carbocycles. The van der Waals surface area contributed by atoms with Gasteiger partial charge in [0.2, 0.25) is 0 Å². The maximum absolute atomic E-state index is 13.6. The Bertz CT molecular complexity index is 1280. The van der Waals surface area contributed by atoms with Crippen LogP contribution in [0.4, 0.5) is 0 Å². The predicted molar refractivity (Wildman–Crippen MR) is 113 cm³/mol. The van der Waals surface area contributed by atoms with Crippen molar-refractivity contribution in [1.29, 1.82) is 0 Å². The largest absolute Gasteiger partial charge is 0.376 e. The highest BCUT2D eigenvalue weighted by Gasteiger charge is 2.24. The number of rotatable bonds is 4. The molecule has 1 aliphatic rings. The molecule has 0 spiro atoms. The Balaban J connectivity index is 1.83. The standard InChI is InChI=1S/C22H25N5O2/c1-13(2)11-27-20-18(19-21(27)25-17-9-5-4-8-16(17)24-19)22(28)26(14(3)23-20)12-15-7-6-10-29-15/h4-5,8-9,13,15H,6-7,10-12H2,1-3H3/t15-/m1/s1. The van der Waals surface area contributed by atoms with Gasteiger partial charge in [-0.2, -0.15) is 0 Å². The monoisotopic (exact) mass is 391 g/mol. The van der Waals surface area contributed by atoms with E-state index in [1.54, 1.807) is 4.57 Å². The molecule has 1 saturated heterocycles. The lowest BCUT2D eigenvalue weighted by molar-refractivity contribution is 0.0955. The molecule has 4 heterocycles. The Kier molecular flexibility index (Phi) is 4.35. The van der Waals surface area contributed by atoms with Gasteiger partial charge in [-0.1, -0.05) is 26.0 Å². The van der Waals surface area contributed by atoms with Crippen LogP contribution in [-0.2, 0) is 17.8 Å². The van der Waals surface area contributed by atoms with E-state index in [0.29, 0.717) is 34.8 Å². The Morgan fingerprint density at radius 2 is 1.86 bits per heavy atom. The van der Waals surface area contributed by atoms with Crippen molar-refractivity contribution in [3.63, 3.8) is 0 Å². The summed E-state index contributed by atoms with van der Waals surface area (Å²) >= 11 is 0. The quantitative estimate of drug-likeness (QED) is 0.533. The van der Waals surface area contributed by atoms with Crippen molar-refractivity contribution in [2.45, 2.75) is 52.8 Å². The molecule has 0 amide bonds. The Hall–Kier alpha value is -2.80. The van der Waals surface area contributed by atoms with E-state index >= 15 is 0 Å². The minimum Gasteiger partial charge on any atom is -0.376 e. The van der Waals surface area contributed by atoms with Gasteiger partial charge in [-0.15, -0.1) is 0 Å². The minimum atomic E-state index is -0.0555. The van der Waals surface area contributed by atoms with Crippen LogP contribution in [0.3, 0.4) is 0 Å². The number of benzene rings is 1. The molecule has 0 aliphatic carbocycles. The van der Waals surface area contributed by atoms with Crippen LogP contribution >= 0.6 is 0 Å². The summed E-state index contributed by atoms with van der Waals surface area (Å²) < 4.78 is 9.56. The molecule has 1 fully saturated rings. The van der Waals surface area contributed by atoms with E-state index in [0.717, 1.165) is 42.7 Å². The molecule has 3 aromatic heterocycles. The maximum atomic E-state index is 13.6. The van der Waals surface area contributed by atoms with Crippen molar-refractivity contribution in [1.82, 2.24) is 24.1 Å². The maximum Gasteiger partial charge on any atom is 0.265 e. The van der Waals surface area contributed by atoms with E-state index in [1.165, 1.54) is 0 Å². The predicted octanol–water partition coefficient (Wildman–Crippen LogP) is 3.44. The molecular weight excluding hydrogens is 366 g/mol. The molecule has 0 unspecified atom stereocenters. The number of hydrogen-bond acceptors (Lipinski definition) is 5. The fourth-order valence-corrected chi connectivity index (χ4v) is 4.24. The van der Waals surface area contributed by atoms with Gasteiger partial charge < -0.3 is 9.30 Å². The molecule has 5 rings (SSSR count). The summed E-state index contributed by atoms with van der Waals surface area (Å²) in [5, 5.41) is 0.558. The van der Waals surface area contributed by atoms with Crippen molar-refractivity contribution >= 4 is 33.2 Å². The van der Waals surface area contributed by atoms with Crippen LogP contribution in [0.1, 0.15) is 32.5 Å². The van der Waals surface area contributed by atoms with Crippen LogP contribution in [0.5, 0.6) is 0 Å². The number of fused-ring (bicyclic) bond motifs is 4. The van der Waals surface area contributed by atoms with Crippen molar-refractivity contribution in [2.24, 2.45) is 5.92 Å². The van der Waals surface area contributed by atoms with Gasteiger partial charge in [-0.25, -0.2) is 15.0 Å². The van der Waals surface area contributed by atoms with Crippen molar-refractivity contribution < 1.29 is 4.74 Å². The zero-order valence-corrected chi connectivity index (χ0v) is 17.1. The fraction of sp³-hybridized carbons (Fsp3) is 0.455. The molecule has 4 aromatic rings. The van der Waals surface area contributed by atoms with Gasteiger partial charge in [0.05, 0.1) is 23.7 Å². The number of nitrogens with zero attached hydrogens (tertiary/aromatic N) is 5. The van der Waals surface area contributed by atoms with Gasteiger partial charge in [0, 0.05) is 13.2 Å². The second-order valence-electron chi connectivity index (χ2n) is 8.30. The number of ether oxygens (including phenoxy) is 1. The Labute approximate surface area is 168 Å². The summed E-state index contributed by atoms with van der Waals surface area (Å²) in [5.41, 5.74) is 3.60. The van der Waals surface area contributed by atoms with E-state index in [4.69, 9.17) is 19.7 Å². The van der Waals surface area contributed by atoms with Gasteiger partial charge >= 0.3 is 0 Å². The molecule has 1 aliphatic heterocycles. The molecule has 150 valence electrons. The fourth-order valence-electron chi connectivity index (χ4n) is 4.24. The summed E-state index contributed by atoms with van der Waals surface area (Å²) in [6, 6.07) is 7.77. The third-order valence-electron chi connectivity index (χ3n) is 5.60. The van der Waals surface area contributed by atoms with Crippen LogP contribution in [-0.4, -0.2) is 36.8 Å². The summed E-state index contributed by atoms with van der Waals surface area (Å²) in [6.07, 6.45) is 2.09. The first-order valence-electron chi connectivity index (χ1n) is 10.3. The van der Waals surface area contributed by atoms with E-state index in [1.807, 2.05) is 31.2 Å². The highest BCUT2D eigenvalue weighted by atomic mass is 16.5. The average molecular weight is 391 g/mol. The Morgan fingerprint density at radius 3 is 2.55 bits per heavy atom. The van der Waals surface area contributed by atoms with Crippen LogP contribution in [0, 0.1) is 12.8 Å². The van der Waals surface area contributed by atoms with Gasteiger partial charge in [0.1, 0.15) is 16.7 Å². The molecule has 7 nitrogen and oxygen atoms in total. The van der Waals surface area contributed by atoms with Crippen molar-refractivity contribution in [3.05, 3.63) is 40.4 Å². The van der Waals surface area contributed by atoms with Crippen LogP contribution in [0.15, 0.2) is 29.1 Å². The number of aromatic nitrogens is 5. The van der Waals surface area contributed by atoms with Gasteiger partial charge in [0.15, 0.2) is 11.3 Å². The van der Waals surface area contributed by atoms with Crippen LogP contribution in [0.2, 0.25) is 0 Å². The molecule has 0 N–H and O–H groups in total. The zero-order chi connectivity index (χ0) is 20.1. The molecule has 0 saturated carbocycles. The lowest BCUT2D eigenvalue weighted by atomic mass is 10.2. The van der Waals surface area contributed by atoms with Gasteiger partial charge in [0.25, 0.3) is 5.56 Å². The average Bonchev–Trinajstić information content (AvgIpc) is 3.30. The Morgan fingerprint density at radius 1 is 1.10 bits per heavy atom. The lowest BCUT2D eigenvalue weighted by Crippen LogP contribution is -2.29.